The Kier molecular flexibility index (Phi) is 4.26. The van der Waals surface area contributed by atoms with Gasteiger partial charge in [-0.1, -0.05) is 6.92 Å². The number of hydrogen-bond donors (Lipinski definition) is 1. The Balaban J connectivity index is 2.52. The van der Waals surface area contributed by atoms with Crippen molar-refractivity contribution in [2.24, 2.45) is 11.7 Å². The average Bonchev–Trinajstić information content (AvgIpc) is 2.41. The minimum absolute atomic E-state index is 0.0481. The molecule has 1 heterocycles. The van der Waals surface area contributed by atoms with Crippen molar-refractivity contribution in [3.63, 3.8) is 0 Å². The molecule has 1 aliphatic rings. The maximum Gasteiger partial charge on any atom is 0.292 e. The Morgan fingerprint density at radius 2 is 2.14 bits per heavy atom. The topological polar surface area (TPSA) is 107 Å². The molecule has 2 rings (SSSR count). The van der Waals surface area contributed by atoms with Crippen LogP contribution in [0.4, 0.5) is 10.1 Å². The molecule has 2 N–H and O–H groups in total. The smallest absolute Gasteiger partial charge is 0.292 e. The third-order valence-corrected chi connectivity index (χ3v) is 5.60. The van der Waals surface area contributed by atoms with Crippen molar-refractivity contribution in [1.82, 2.24) is 4.31 Å². The quantitative estimate of drug-likeness (QED) is 0.670. The predicted octanol–water partition coefficient (Wildman–Crippen LogP) is 1.44. The Labute approximate surface area is 121 Å². The van der Waals surface area contributed by atoms with Crippen molar-refractivity contribution >= 4 is 15.7 Å². The van der Waals surface area contributed by atoms with Crippen LogP contribution in [-0.4, -0.2) is 30.4 Å². The van der Waals surface area contributed by atoms with Crippen molar-refractivity contribution < 1.29 is 17.7 Å². The summed E-state index contributed by atoms with van der Waals surface area (Å²) >= 11 is 0. The fourth-order valence-corrected chi connectivity index (χ4v) is 4.22. The Bertz CT molecular complexity index is 664. The van der Waals surface area contributed by atoms with Crippen LogP contribution in [0.1, 0.15) is 19.8 Å². The molecular weight excluding hydrogens is 301 g/mol. The maximum absolute atomic E-state index is 13.1. The zero-order chi connectivity index (χ0) is 15.8. The Morgan fingerprint density at radius 3 is 2.76 bits per heavy atom. The Hall–Kier alpha value is -1.58. The molecule has 2 atom stereocenters. The van der Waals surface area contributed by atoms with Gasteiger partial charge in [-0.05, 0) is 30.9 Å². The van der Waals surface area contributed by atoms with Crippen LogP contribution in [0, 0.1) is 21.8 Å². The molecule has 1 aromatic carbocycles. The normalized spacial score (nSPS) is 24.0. The number of hydrogen-bond acceptors (Lipinski definition) is 5. The summed E-state index contributed by atoms with van der Waals surface area (Å²) in [6.07, 6.45) is 0.676. The van der Waals surface area contributed by atoms with Gasteiger partial charge in [0.05, 0.1) is 17.2 Å². The fraction of sp³-hybridized carbons (Fsp3) is 0.500. The minimum Gasteiger partial charge on any atom is -0.315 e. The number of sulfonamides is 1. The maximum atomic E-state index is 13.1. The van der Waals surface area contributed by atoms with Gasteiger partial charge >= 0.3 is 0 Å². The number of rotatable bonds is 3. The largest absolute Gasteiger partial charge is 0.315 e. The molecule has 1 aliphatic heterocycles. The zero-order valence-electron chi connectivity index (χ0n) is 11.4. The summed E-state index contributed by atoms with van der Waals surface area (Å²) < 4.78 is 39.4. The van der Waals surface area contributed by atoms with Gasteiger partial charge in [0.15, 0.2) is 4.90 Å². The van der Waals surface area contributed by atoms with Crippen LogP contribution in [-0.2, 0) is 10.0 Å². The SMILES string of the molecule is CC1CCCN(S(=O)(=O)c2ccc(F)cc2[N+](=O)[O-])C1N. The highest BCUT2D eigenvalue weighted by molar-refractivity contribution is 7.89. The molecule has 0 aliphatic carbocycles. The van der Waals surface area contributed by atoms with Crippen LogP contribution in [0.25, 0.3) is 0 Å². The molecule has 9 heteroatoms. The van der Waals surface area contributed by atoms with E-state index in [-0.39, 0.29) is 12.5 Å². The molecule has 116 valence electrons. The second kappa shape index (κ2) is 5.66. The van der Waals surface area contributed by atoms with Gasteiger partial charge in [-0.15, -0.1) is 0 Å². The van der Waals surface area contributed by atoms with E-state index in [9.17, 15) is 22.9 Å². The van der Waals surface area contributed by atoms with Crippen LogP contribution in [0.3, 0.4) is 0 Å². The van der Waals surface area contributed by atoms with Crippen LogP contribution < -0.4 is 5.73 Å². The molecule has 0 saturated carbocycles. The number of nitrogens with zero attached hydrogens (tertiary/aromatic N) is 2. The van der Waals surface area contributed by atoms with E-state index in [4.69, 9.17) is 5.73 Å². The molecule has 1 saturated heterocycles. The predicted molar refractivity (Wildman–Crippen MR) is 73.3 cm³/mol. The Morgan fingerprint density at radius 1 is 1.48 bits per heavy atom. The second-order valence-corrected chi connectivity index (χ2v) is 6.95. The highest BCUT2D eigenvalue weighted by atomic mass is 32.2. The van der Waals surface area contributed by atoms with E-state index in [2.05, 4.69) is 0 Å². The molecule has 0 radical (unpaired) electrons. The fourth-order valence-electron chi connectivity index (χ4n) is 2.43. The zero-order valence-corrected chi connectivity index (χ0v) is 12.2. The first kappa shape index (κ1) is 15.8. The lowest BCUT2D eigenvalue weighted by Crippen LogP contribution is -2.52. The van der Waals surface area contributed by atoms with Crippen LogP contribution in [0.15, 0.2) is 23.1 Å². The molecule has 7 nitrogen and oxygen atoms in total. The van der Waals surface area contributed by atoms with Crippen LogP contribution >= 0.6 is 0 Å². The van der Waals surface area contributed by atoms with Gasteiger partial charge < -0.3 is 5.73 Å². The summed E-state index contributed by atoms with van der Waals surface area (Å²) in [6, 6.07) is 2.40. The highest BCUT2D eigenvalue weighted by Gasteiger charge is 2.38. The number of halogens is 1. The summed E-state index contributed by atoms with van der Waals surface area (Å²) in [4.78, 5) is 9.54. The summed E-state index contributed by atoms with van der Waals surface area (Å²) in [6.45, 7) is 2.02. The highest BCUT2D eigenvalue weighted by Crippen LogP contribution is 2.31. The van der Waals surface area contributed by atoms with Crippen molar-refractivity contribution in [3.05, 3.63) is 34.1 Å². The van der Waals surface area contributed by atoms with Gasteiger partial charge in [0.2, 0.25) is 0 Å². The number of nitro benzene ring substituents is 1. The lowest BCUT2D eigenvalue weighted by Gasteiger charge is -2.36. The first-order valence-electron chi connectivity index (χ1n) is 6.46. The summed E-state index contributed by atoms with van der Waals surface area (Å²) in [5, 5.41) is 11.0. The standard InChI is InChI=1S/C12H16FN3O4S/c1-8-3-2-6-15(12(8)14)21(19,20)11-5-4-9(13)7-10(11)16(17)18/h4-5,7-8,12H,2-3,6,14H2,1H3. The van der Waals surface area contributed by atoms with E-state index in [1.807, 2.05) is 6.92 Å². The molecule has 1 fully saturated rings. The van der Waals surface area contributed by atoms with Gasteiger partial charge in [0.1, 0.15) is 5.82 Å². The van der Waals surface area contributed by atoms with Crippen molar-refractivity contribution in [2.45, 2.75) is 30.8 Å². The number of piperidine rings is 1. The molecule has 21 heavy (non-hydrogen) atoms. The summed E-state index contributed by atoms with van der Waals surface area (Å²) in [7, 11) is -4.14. The van der Waals surface area contributed by atoms with Crippen molar-refractivity contribution in [1.29, 1.82) is 0 Å². The van der Waals surface area contributed by atoms with E-state index in [1.54, 1.807) is 0 Å². The molecule has 0 amide bonds. The lowest BCUT2D eigenvalue weighted by atomic mass is 9.99. The van der Waals surface area contributed by atoms with Crippen molar-refractivity contribution in [2.75, 3.05) is 6.54 Å². The van der Waals surface area contributed by atoms with E-state index in [0.717, 1.165) is 22.9 Å². The third kappa shape index (κ3) is 2.89. The number of nitro groups is 1. The van der Waals surface area contributed by atoms with Crippen LogP contribution in [0.5, 0.6) is 0 Å². The van der Waals surface area contributed by atoms with Crippen molar-refractivity contribution in [3.8, 4) is 0 Å². The monoisotopic (exact) mass is 317 g/mol. The van der Waals surface area contributed by atoms with E-state index in [1.165, 1.54) is 0 Å². The van der Waals surface area contributed by atoms with E-state index < -0.39 is 37.5 Å². The average molecular weight is 317 g/mol. The number of benzene rings is 1. The minimum atomic E-state index is -4.14. The number of nitrogens with two attached hydrogens (primary N) is 1. The molecule has 0 bridgehead atoms. The van der Waals surface area contributed by atoms with Gasteiger partial charge in [-0.25, -0.2) is 12.8 Å². The molecule has 1 aromatic rings. The van der Waals surface area contributed by atoms with Gasteiger partial charge in [-0.2, -0.15) is 4.31 Å². The molecular formula is C12H16FN3O4S. The van der Waals surface area contributed by atoms with Gasteiger partial charge in [-0.3, -0.25) is 10.1 Å². The lowest BCUT2D eigenvalue weighted by molar-refractivity contribution is -0.388. The summed E-state index contributed by atoms with van der Waals surface area (Å²) in [5.41, 5.74) is 5.13. The third-order valence-electron chi connectivity index (χ3n) is 3.66. The first-order chi connectivity index (χ1) is 9.75. The molecule has 0 aromatic heterocycles. The molecule has 0 spiro atoms. The van der Waals surface area contributed by atoms with E-state index in [0.29, 0.717) is 12.5 Å². The first-order valence-corrected chi connectivity index (χ1v) is 7.90. The van der Waals surface area contributed by atoms with Gasteiger partial charge in [0.25, 0.3) is 15.7 Å². The van der Waals surface area contributed by atoms with E-state index >= 15 is 0 Å². The van der Waals surface area contributed by atoms with Gasteiger partial charge in [0, 0.05) is 6.54 Å². The summed E-state index contributed by atoms with van der Waals surface area (Å²) in [5.74, 6) is -0.912. The van der Waals surface area contributed by atoms with Crippen LogP contribution in [0.2, 0.25) is 0 Å². The second-order valence-electron chi connectivity index (χ2n) is 5.10. The molecule has 2 unspecified atom stereocenters.